The third kappa shape index (κ3) is 6.83. The highest BCUT2D eigenvalue weighted by molar-refractivity contribution is 6.32. The third-order valence-corrected chi connectivity index (χ3v) is 3.85. The van der Waals surface area contributed by atoms with E-state index in [2.05, 4.69) is 17.5 Å². The molecular formula is C20H23ClN2O4. The number of ether oxygens (including phenoxy) is 3. The molecule has 0 saturated carbocycles. The predicted molar refractivity (Wildman–Crippen MR) is 106 cm³/mol. The van der Waals surface area contributed by atoms with Crippen molar-refractivity contribution in [2.24, 2.45) is 5.10 Å². The molecule has 1 N–H and O–H groups in total. The smallest absolute Gasteiger partial charge is 0.277 e. The number of rotatable bonds is 10. The zero-order valence-electron chi connectivity index (χ0n) is 15.4. The number of amides is 1. The lowest BCUT2D eigenvalue weighted by Crippen LogP contribution is -2.24. The van der Waals surface area contributed by atoms with Crippen LogP contribution in [0.5, 0.6) is 17.2 Å². The number of benzene rings is 2. The second-order valence-electron chi connectivity index (χ2n) is 5.62. The fourth-order valence-electron chi connectivity index (χ4n) is 2.13. The number of para-hydroxylation sites is 1. The van der Waals surface area contributed by atoms with Crippen molar-refractivity contribution >= 4 is 23.7 Å². The van der Waals surface area contributed by atoms with Crippen LogP contribution >= 0.6 is 11.6 Å². The van der Waals surface area contributed by atoms with E-state index in [1.165, 1.54) is 6.21 Å². The first-order chi connectivity index (χ1) is 13.1. The molecule has 27 heavy (non-hydrogen) atoms. The fourth-order valence-corrected chi connectivity index (χ4v) is 2.32. The van der Waals surface area contributed by atoms with E-state index >= 15 is 0 Å². The lowest BCUT2D eigenvalue weighted by molar-refractivity contribution is -0.123. The average molecular weight is 391 g/mol. The minimum Gasteiger partial charge on any atom is -0.493 e. The molecule has 2 aromatic carbocycles. The molecule has 6 nitrogen and oxygen atoms in total. The Labute approximate surface area is 164 Å². The molecule has 0 spiro atoms. The summed E-state index contributed by atoms with van der Waals surface area (Å²) in [6.07, 6.45) is 3.56. The van der Waals surface area contributed by atoms with Gasteiger partial charge in [0.25, 0.3) is 5.91 Å². The van der Waals surface area contributed by atoms with Crippen LogP contribution in [0.25, 0.3) is 0 Å². The Morgan fingerprint density at radius 2 is 1.96 bits per heavy atom. The SMILES string of the molecule is CCCCOc1ccc(/C=N\NC(=O)COc2ccccc2Cl)cc1OC. The van der Waals surface area contributed by atoms with Crippen LogP contribution < -0.4 is 19.6 Å². The molecule has 2 aromatic rings. The van der Waals surface area contributed by atoms with E-state index in [9.17, 15) is 4.79 Å². The highest BCUT2D eigenvalue weighted by atomic mass is 35.5. The van der Waals surface area contributed by atoms with E-state index in [1.54, 1.807) is 37.4 Å². The summed E-state index contributed by atoms with van der Waals surface area (Å²) in [6.45, 7) is 2.56. The van der Waals surface area contributed by atoms with E-state index < -0.39 is 5.91 Å². The first-order valence-corrected chi connectivity index (χ1v) is 9.02. The van der Waals surface area contributed by atoms with Crippen molar-refractivity contribution < 1.29 is 19.0 Å². The molecule has 0 aliphatic heterocycles. The van der Waals surface area contributed by atoms with Gasteiger partial charge in [-0.1, -0.05) is 37.1 Å². The highest BCUT2D eigenvalue weighted by Crippen LogP contribution is 2.27. The molecule has 0 fully saturated rings. The van der Waals surface area contributed by atoms with Gasteiger partial charge in [-0.25, -0.2) is 5.43 Å². The van der Waals surface area contributed by atoms with Crippen LogP contribution in [0.1, 0.15) is 25.3 Å². The first kappa shape index (κ1) is 20.6. The fraction of sp³-hybridized carbons (Fsp3) is 0.300. The van der Waals surface area contributed by atoms with Gasteiger partial charge < -0.3 is 14.2 Å². The van der Waals surface area contributed by atoms with E-state index in [1.807, 2.05) is 12.1 Å². The quantitative estimate of drug-likeness (QED) is 0.377. The van der Waals surface area contributed by atoms with Gasteiger partial charge in [0.05, 0.1) is 25.0 Å². The first-order valence-electron chi connectivity index (χ1n) is 8.64. The Hall–Kier alpha value is -2.73. The van der Waals surface area contributed by atoms with Crippen molar-refractivity contribution in [1.29, 1.82) is 0 Å². The van der Waals surface area contributed by atoms with Crippen LogP contribution in [0.15, 0.2) is 47.6 Å². The molecular weight excluding hydrogens is 368 g/mol. The maximum absolute atomic E-state index is 11.8. The average Bonchev–Trinajstić information content (AvgIpc) is 2.68. The summed E-state index contributed by atoms with van der Waals surface area (Å²) in [5.41, 5.74) is 3.17. The number of nitrogens with zero attached hydrogens (tertiary/aromatic N) is 1. The van der Waals surface area contributed by atoms with Gasteiger partial charge in [0, 0.05) is 0 Å². The predicted octanol–water partition coefficient (Wildman–Crippen LogP) is 4.06. The van der Waals surface area contributed by atoms with Gasteiger partial charge >= 0.3 is 0 Å². The van der Waals surface area contributed by atoms with Crippen LogP contribution in [0, 0.1) is 0 Å². The number of unbranched alkanes of at least 4 members (excludes halogenated alkanes) is 1. The van der Waals surface area contributed by atoms with Crippen LogP contribution in [-0.2, 0) is 4.79 Å². The summed E-state index contributed by atoms with van der Waals surface area (Å²) in [7, 11) is 1.58. The maximum atomic E-state index is 11.8. The topological polar surface area (TPSA) is 69.2 Å². The second kappa shape index (κ2) is 11.1. The number of methoxy groups -OCH3 is 1. The molecule has 1 amide bonds. The van der Waals surface area contributed by atoms with Crippen molar-refractivity contribution in [3.8, 4) is 17.2 Å². The number of hydrazone groups is 1. The molecule has 0 bridgehead atoms. The molecule has 144 valence electrons. The molecule has 7 heteroatoms. The summed E-state index contributed by atoms with van der Waals surface area (Å²) in [4.78, 5) is 11.8. The van der Waals surface area contributed by atoms with Crippen molar-refractivity contribution in [2.45, 2.75) is 19.8 Å². The number of halogens is 1. The third-order valence-electron chi connectivity index (χ3n) is 3.54. The largest absolute Gasteiger partial charge is 0.493 e. The Bertz CT molecular complexity index is 780. The van der Waals surface area contributed by atoms with E-state index in [-0.39, 0.29) is 6.61 Å². The molecule has 2 rings (SSSR count). The molecule has 0 unspecified atom stereocenters. The van der Waals surface area contributed by atoms with Crippen LogP contribution in [0.2, 0.25) is 5.02 Å². The number of hydrogen-bond donors (Lipinski definition) is 1. The van der Waals surface area contributed by atoms with Crippen LogP contribution in [-0.4, -0.2) is 32.4 Å². The van der Waals surface area contributed by atoms with Crippen LogP contribution in [0.4, 0.5) is 0 Å². The van der Waals surface area contributed by atoms with Gasteiger partial charge in [0.15, 0.2) is 18.1 Å². The van der Waals surface area contributed by atoms with Gasteiger partial charge in [-0.05, 0) is 42.3 Å². The molecule has 0 saturated heterocycles. The number of hydrogen-bond acceptors (Lipinski definition) is 5. The lowest BCUT2D eigenvalue weighted by Gasteiger charge is -2.10. The molecule has 0 aliphatic rings. The summed E-state index contributed by atoms with van der Waals surface area (Å²) in [6, 6.07) is 12.4. The summed E-state index contributed by atoms with van der Waals surface area (Å²) in [5.74, 6) is 1.35. The molecule has 0 radical (unpaired) electrons. The Balaban J connectivity index is 1.85. The van der Waals surface area contributed by atoms with Gasteiger partial charge in [-0.3, -0.25) is 4.79 Å². The molecule has 0 aromatic heterocycles. The molecule has 0 heterocycles. The monoisotopic (exact) mass is 390 g/mol. The highest BCUT2D eigenvalue weighted by Gasteiger charge is 2.06. The summed E-state index contributed by atoms with van der Waals surface area (Å²) < 4.78 is 16.4. The van der Waals surface area contributed by atoms with Gasteiger partial charge in [0.1, 0.15) is 5.75 Å². The summed E-state index contributed by atoms with van der Waals surface area (Å²) >= 11 is 5.96. The number of carbonyl (C=O) groups excluding carboxylic acids is 1. The van der Waals surface area contributed by atoms with E-state index in [0.29, 0.717) is 28.9 Å². The van der Waals surface area contributed by atoms with Crippen molar-refractivity contribution in [1.82, 2.24) is 5.43 Å². The van der Waals surface area contributed by atoms with Crippen molar-refractivity contribution in [2.75, 3.05) is 20.3 Å². The number of nitrogens with one attached hydrogen (secondary N) is 1. The number of carbonyl (C=O) groups is 1. The second-order valence-corrected chi connectivity index (χ2v) is 6.03. The van der Waals surface area contributed by atoms with Gasteiger partial charge in [-0.15, -0.1) is 0 Å². The zero-order valence-corrected chi connectivity index (χ0v) is 16.2. The van der Waals surface area contributed by atoms with Gasteiger partial charge in [-0.2, -0.15) is 5.10 Å². The Kier molecular flexibility index (Phi) is 8.45. The van der Waals surface area contributed by atoms with Crippen molar-refractivity contribution in [3.63, 3.8) is 0 Å². The maximum Gasteiger partial charge on any atom is 0.277 e. The molecule has 0 aliphatic carbocycles. The summed E-state index contributed by atoms with van der Waals surface area (Å²) in [5, 5.41) is 4.37. The lowest BCUT2D eigenvalue weighted by atomic mass is 10.2. The van der Waals surface area contributed by atoms with E-state index in [0.717, 1.165) is 18.4 Å². The zero-order chi connectivity index (χ0) is 19.5. The Morgan fingerprint density at radius 3 is 2.70 bits per heavy atom. The standard InChI is InChI=1S/C20H23ClN2O4/c1-3-4-11-26-18-10-9-15(12-19(18)25-2)13-22-23-20(24)14-27-17-8-6-5-7-16(17)21/h5-10,12-13H,3-4,11,14H2,1-2H3,(H,23,24)/b22-13-. The van der Waals surface area contributed by atoms with Crippen molar-refractivity contribution in [3.05, 3.63) is 53.1 Å². The molecule has 0 atom stereocenters. The minimum absolute atomic E-state index is 0.186. The van der Waals surface area contributed by atoms with E-state index in [4.69, 9.17) is 25.8 Å². The minimum atomic E-state index is -0.391. The Morgan fingerprint density at radius 1 is 1.15 bits per heavy atom. The normalized spacial score (nSPS) is 10.6. The van der Waals surface area contributed by atoms with Crippen LogP contribution in [0.3, 0.4) is 0 Å². The van der Waals surface area contributed by atoms with Gasteiger partial charge in [0.2, 0.25) is 0 Å².